The maximum absolute atomic E-state index is 9.29. The number of hydrogen-bond acceptors (Lipinski definition) is 2. The summed E-state index contributed by atoms with van der Waals surface area (Å²) in [5.74, 6) is 0.833. The van der Waals surface area contributed by atoms with Crippen molar-refractivity contribution < 1.29 is 9.84 Å². The van der Waals surface area contributed by atoms with Crippen LogP contribution in [0.25, 0.3) is 11.3 Å². The summed E-state index contributed by atoms with van der Waals surface area (Å²) in [6.45, 7) is 0.593. The molecule has 0 radical (unpaired) electrons. The van der Waals surface area contributed by atoms with Crippen LogP contribution in [-0.4, -0.2) is 10.1 Å². The Labute approximate surface area is 123 Å². The summed E-state index contributed by atoms with van der Waals surface area (Å²) in [6, 6.07) is 19.8. The molecule has 0 atom stereocenters. The van der Waals surface area contributed by atoms with Crippen molar-refractivity contribution in [2.45, 2.75) is 13.2 Å². The third-order valence-corrected chi connectivity index (χ3v) is 3.39. The number of aromatic amines is 1. The first-order valence-corrected chi connectivity index (χ1v) is 6.91. The van der Waals surface area contributed by atoms with Gasteiger partial charge in [0.2, 0.25) is 0 Å². The molecule has 0 unspecified atom stereocenters. The van der Waals surface area contributed by atoms with Gasteiger partial charge in [-0.1, -0.05) is 30.3 Å². The normalized spacial score (nSPS) is 10.5. The van der Waals surface area contributed by atoms with E-state index < -0.39 is 0 Å². The van der Waals surface area contributed by atoms with Crippen molar-refractivity contribution in [3.05, 3.63) is 78.0 Å². The molecule has 3 heteroatoms. The first-order chi connectivity index (χ1) is 10.4. The molecular formula is C18H17NO2. The van der Waals surface area contributed by atoms with Crippen molar-refractivity contribution in [3.63, 3.8) is 0 Å². The van der Waals surface area contributed by atoms with Gasteiger partial charge in [0.15, 0.2) is 0 Å². The standard InChI is InChI=1S/C18H17NO2/c20-12-16-10-11-19-18(16)15-6-8-17(9-7-15)21-13-14-4-2-1-3-5-14/h1-11,19-20H,12-13H2. The minimum Gasteiger partial charge on any atom is -0.489 e. The average Bonchev–Trinajstić information content (AvgIpc) is 3.03. The lowest BCUT2D eigenvalue weighted by molar-refractivity contribution is 0.282. The highest BCUT2D eigenvalue weighted by Gasteiger charge is 2.05. The number of rotatable bonds is 5. The molecule has 0 spiro atoms. The van der Waals surface area contributed by atoms with Crippen LogP contribution in [0.3, 0.4) is 0 Å². The van der Waals surface area contributed by atoms with Crippen LogP contribution in [0.15, 0.2) is 66.9 Å². The molecule has 2 aromatic carbocycles. The van der Waals surface area contributed by atoms with Gasteiger partial charge in [-0.25, -0.2) is 0 Å². The van der Waals surface area contributed by atoms with E-state index in [1.54, 1.807) is 0 Å². The molecule has 0 fully saturated rings. The smallest absolute Gasteiger partial charge is 0.119 e. The van der Waals surface area contributed by atoms with E-state index in [0.29, 0.717) is 6.61 Å². The third-order valence-electron chi connectivity index (χ3n) is 3.39. The summed E-state index contributed by atoms with van der Waals surface area (Å²) in [4.78, 5) is 3.15. The summed E-state index contributed by atoms with van der Waals surface area (Å²) in [7, 11) is 0. The number of ether oxygens (including phenoxy) is 1. The fraction of sp³-hybridized carbons (Fsp3) is 0.111. The van der Waals surface area contributed by atoms with Gasteiger partial charge < -0.3 is 14.8 Å². The zero-order valence-electron chi connectivity index (χ0n) is 11.6. The van der Waals surface area contributed by atoms with E-state index in [1.165, 1.54) is 0 Å². The topological polar surface area (TPSA) is 45.2 Å². The van der Waals surface area contributed by atoms with Crippen LogP contribution in [-0.2, 0) is 13.2 Å². The molecule has 3 rings (SSSR count). The molecule has 0 saturated carbocycles. The summed E-state index contributed by atoms with van der Waals surface area (Å²) in [5.41, 5.74) is 4.03. The fourth-order valence-corrected chi connectivity index (χ4v) is 2.26. The Morgan fingerprint density at radius 3 is 2.38 bits per heavy atom. The maximum atomic E-state index is 9.29. The van der Waals surface area contributed by atoms with E-state index in [4.69, 9.17) is 4.74 Å². The fourth-order valence-electron chi connectivity index (χ4n) is 2.26. The van der Waals surface area contributed by atoms with Crippen molar-refractivity contribution in [1.29, 1.82) is 0 Å². The molecule has 0 bridgehead atoms. The maximum Gasteiger partial charge on any atom is 0.119 e. The highest BCUT2D eigenvalue weighted by atomic mass is 16.5. The number of aliphatic hydroxyl groups excluding tert-OH is 1. The van der Waals surface area contributed by atoms with Gasteiger partial charge in [0.1, 0.15) is 12.4 Å². The molecule has 1 aromatic heterocycles. The van der Waals surface area contributed by atoms with Crippen LogP contribution in [0.4, 0.5) is 0 Å². The highest BCUT2D eigenvalue weighted by Crippen LogP contribution is 2.24. The molecule has 0 saturated heterocycles. The molecule has 0 aliphatic rings. The monoisotopic (exact) mass is 279 g/mol. The van der Waals surface area contributed by atoms with Gasteiger partial charge in [-0.3, -0.25) is 0 Å². The van der Waals surface area contributed by atoms with Crippen molar-refractivity contribution in [2.24, 2.45) is 0 Å². The van der Waals surface area contributed by atoms with E-state index in [2.05, 4.69) is 4.98 Å². The number of hydrogen-bond donors (Lipinski definition) is 2. The molecule has 21 heavy (non-hydrogen) atoms. The van der Waals surface area contributed by atoms with Crippen LogP contribution < -0.4 is 4.74 Å². The first-order valence-electron chi connectivity index (χ1n) is 6.91. The van der Waals surface area contributed by atoms with Gasteiger partial charge >= 0.3 is 0 Å². The Balaban J connectivity index is 1.70. The summed E-state index contributed by atoms with van der Waals surface area (Å²) >= 11 is 0. The number of aromatic nitrogens is 1. The summed E-state index contributed by atoms with van der Waals surface area (Å²) in [5, 5.41) is 9.29. The second-order valence-corrected chi connectivity index (χ2v) is 4.83. The minimum absolute atomic E-state index is 0.0328. The van der Waals surface area contributed by atoms with Gasteiger partial charge in [-0.05, 0) is 41.5 Å². The third kappa shape index (κ3) is 3.15. The summed E-state index contributed by atoms with van der Waals surface area (Å²) < 4.78 is 5.76. The number of H-pyrrole nitrogens is 1. The Bertz CT molecular complexity index is 687. The van der Waals surface area contributed by atoms with E-state index in [9.17, 15) is 5.11 Å². The SMILES string of the molecule is OCc1cc[nH]c1-c1ccc(OCc2ccccc2)cc1. The van der Waals surface area contributed by atoms with Crippen LogP contribution in [0, 0.1) is 0 Å². The van der Waals surface area contributed by atoms with Gasteiger partial charge in [-0.2, -0.15) is 0 Å². The average molecular weight is 279 g/mol. The van der Waals surface area contributed by atoms with E-state index in [0.717, 1.165) is 28.1 Å². The van der Waals surface area contributed by atoms with Gasteiger partial charge in [0.05, 0.1) is 12.3 Å². The predicted molar refractivity (Wildman–Crippen MR) is 82.9 cm³/mol. The lowest BCUT2D eigenvalue weighted by Gasteiger charge is -2.07. The van der Waals surface area contributed by atoms with Gasteiger partial charge in [0.25, 0.3) is 0 Å². The molecule has 0 amide bonds. The zero-order valence-corrected chi connectivity index (χ0v) is 11.6. The van der Waals surface area contributed by atoms with E-state index >= 15 is 0 Å². The molecule has 3 nitrogen and oxygen atoms in total. The molecule has 1 heterocycles. The second kappa shape index (κ2) is 6.29. The van der Waals surface area contributed by atoms with Crippen molar-refractivity contribution in [2.75, 3.05) is 0 Å². The first kappa shape index (κ1) is 13.5. The molecule has 106 valence electrons. The molecule has 3 aromatic rings. The van der Waals surface area contributed by atoms with Crippen molar-refractivity contribution in [1.82, 2.24) is 4.98 Å². The lowest BCUT2D eigenvalue weighted by Crippen LogP contribution is -1.95. The highest BCUT2D eigenvalue weighted by molar-refractivity contribution is 5.64. The summed E-state index contributed by atoms with van der Waals surface area (Å²) in [6.07, 6.45) is 1.83. The van der Waals surface area contributed by atoms with E-state index in [-0.39, 0.29) is 6.61 Å². The minimum atomic E-state index is 0.0328. The van der Waals surface area contributed by atoms with Crippen LogP contribution >= 0.6 is 0 Å². The Morgan fingerprint density at radius 1 is 0.905 bits per heavy atom. The van der Waals surface area contributed by atoms with Crippen molar-refractivity contribution >= 4 is 0 Å². The molecule has 2 N–H and O–H groups in total. The van der Waals surface area contributed by atoms with Crippen LogP contribution in [0.5, 0.6) is 5.75 Å². The lowest BCUT2D eigenvalue weighted by atomic mass is 10.1. The Morgan fingerprint density at radius 2 is 1.67 bits per heavy atom. The number of benzene rings is 2. The Kier molecular flexibility index (Phi) is 4.03. The van der Waals surface area contributed by atoms with Crippen LogP contribution in [0.2, 0.25) is 0 Å². The van der Waals surface area contributed by atoms with E-state index in [1.807, 2.05) is 66.9 Å². The molecular weight excluding hydrogens is 262 g/mol. The van der Waals surface area contributed by atoms with Gasteiger partial charge in [-0.15, -0.1) is 0 Å². The second-order valence-electron chi connectivity index (χ2n) is 4.83. The zero-order chi connectivity index (χ0) is 14.5. The largest absolute Gasteiger partial charge is 0.489 e. The molecule has 0 aliphatic carbocycles. The van der Waals surface area contributed by atoms with Crippen LogP contribution in [0.1, 0.15) is 11.1 Å². The van der Waals surface area contributed by atoms with Gasteiger partial charge in [0, 0.05) is 11.8 Å². The Hall–Kier alpha value is -2.52. The molecule has 0 aliphatic heterocycles. The predicted octanol–water partition coefficient (Wildman–Crippen LogP) is 3.75. The quantitative estimate of drug-likeness (QED) is 0.747. The van der Waals surface area contributed by atoms with Crippen molar-refractivity contribution in [3.8, 4) is 17.0 Å². The number of aliphatic hydroxyl groups is 1. The number of nitrogens with one attached hydrogen (secondary N) is 1.